The summed E-state index contributed by atoms with van der Waals surface area (Å²) in [5, 5.41) is 0.595. The smallest absolute Gasteiger partial charge is 0.241 e. The maximum atomic E-state index is 12.8. The summed E-state index contributed by atoms with van der Waals surface area (Å²) in [7, 11) is 0. The average Bonchev–Trinajstić information content (AvgIpc) is 2.36. The van der Waals surface area contributed by atoms with Crippen molar-refractivity contribution in [1.82, 2.24) is 9.97 Å². The molecule has 0 spiro atoms. The van der Waals surface area contributed by atoms with E-state index in [0.717, 1.165) is 4.90 Å². The molecule has 0 saturated heterocycles. The van der Waals surface area contributed by atoms with Gasteiger partial charge in [0.25, 0.3) is 0 Å². The molecule has 4 nitrogen and oxygen atoms in total. The van der Waals surface area contributed by atoms with Gasteiger partial charge >= 0.3 is 0 Å². The fraction of sp³-hybridized carbons (Fsp3) is 0.231. The Morgan fingerprint density at radius 1 is 1.21 bits per heavy atom. The van der Waals surface area contributed by atoms with E-state index in [-0.39, 0.29) is 11.9 Å². The molecule has 0 aliphatic heterocycles. The first-order valence-electron chi connectivity index (χ1n) is 5.77. The normalized spacial score (nSPS) is 10.7. The van der Waals surface area contributed by atoms with Gasteiger partial charge in [0.1, 0.15) is 22.9 Å². The van der Waals surface area contributed by atoms with E-state index in [4.69, 9.17) is 10.5 Å². The first kappa shape index (κ1) is 13.6. The Hall–Kier alpha value is -1.82. The number of rotatable bonds is 4. The highest BCUT2D eigenvalue weighted by atomic mass is 32.2. The molecule has 0 atom stereocenters. The molecule has 100 valence electrons. The van der Waals surface area contributed by atoms with Gasteiger partial charge in [-0.3, -0.25) is 0 Å². The van der Waals surface area contributed by atoms with E-state index < -0.39 is 0 Å². The van der Waals surface area contributed by atoms with Crippen molar-refractivity contribution in [3.63, 3.8) is 0 Å². The van der Waals surface area contributed by atoms with Crippen molar-refractivity contribution in [3.05, 3.63) is 36.4 Å². The van der Waals surface area contributed by atoms with Crippen LogP contribution < -0.4 is 10.5 Å². The van der Waals surface area contributed by atoms with Gasteiger partial charge in [-0.2, -0.15) is 4.98 Å². The van der Waals surface area contributed by atoms with Crippen molar-refractivity contribution in [3.8, 4) is 5.88 Å². The molecule has 0 unspecified atom stereocenters. The van der Waals surface area contributed by atoms with Crippen LogP contribution in [0.2, 0.25) is 0 Å². The lowest BCUT2D eigenvalue weighted by Gasteiger charge is -2.12. The number of benzene rings is 1. The molecule has 1 aromatic carbocycles. The molecule has 0 aliphatic rings. The van der Waals surface area contributed by atoms with Crippen LogP contribution in [0.25, 0.3) is 0 Å². The predicted octanol–water partition coefficient (Wildman–Crippen LogP) is 3.14. The summed E-state index contributed by atoms with van der Waals surface area (Å²) < 4.78 is 18.3. The number of hydrogen-bond acceptors (Lipinski definition) is 5. The molecular formula is C13H14FN3OS. The number of nitrogens with two attached hydrogens (primary N) is 1. The van der Waals surface area contributed by atoms with Crippen LogP contribution in [0.3, 0.4) is 0 Å². The number of aromatic nitrogens is 2. The van der Waals surface area contributed by atoms with E-state index in [0.29, 0.717) is 16.6 Å². The Bertz CT molecular complexity index is 560. The van der Waals surface area contributed by atoms with E-state index in [1.165, 1.54) is 30.2 Å². The summed E-state index contributed by atoms with van der Waals surface area (Å²) in [6.45, 7) is 3.79. The Morgan fingerprint density at radius 2 is 1.89 bits per heavy atom. The van der Waals surface area contributed by atoms with Gasteiger partial charge < -0.3 is 10.5 Å². The van der Waals surface area contributed by atoms with Crippen LogP contribution in [-0.2, 0) is 0 Å². The highest BCUT2D eigenvalue weighted by Gasteiger charge is 2.11. The Labute approximate surface area is 115 Å². The second-order valence-electron chi connectivity index (χ2n) is 4.12. The van der Waals surface area contributed by atoms with Crippen LogP contribution in [0.4, 0.5) is 10.1 Å². The minimum Gasteiger partial charge on any atom is -0.473 e. The summed E-state index contributed by atoms with van der Waals surface area (Å²) in [5.41, 5.74) is 6.36. The second kappa shape index (κ2) is 5.88. The number of hydrogen-bond donors (Lipinski definition) is 1. The Balaban J connectivity index is 2.23. The molecule has 0 aliphatic carbocycles. The molecule has 0 fully saturated rings. The van der Waals surface area contributed by atoms with E-state index in [1.807, 2.05) is 13.8 Å². The van der Waals surface area contributed by atoms with Crippen molar-refractivity contribution in [2.45, 2.75) is 29.9 Å². The van der Waals surface area contributed by atoms with Gasteiger partial charge in [0, 0.05) is 4.90 Å². The fourth-order valence-corrected chi connectivity index (χ4v) is 2.17. The van der Waals surface area contributed by atoms with Gasteiger partial charge in [-0.05, 0) is 38.1 Å². The van der Waals surface area contributed by atoms with E-state index in [1.54, 1.807) is 12.1 Å². The topological polar surface area (TPSA) is 61.0 Å². The Kier molecular flexibility index (Phi) is 4.21. The van der Waals surface area contributed by atoms with Crippen molar-refractivity contribution in [2.75, 3.05) is 5.73 Å². The van der Waals surface area contributed by atoms with Gasteiger partial charge in [-0.15, -0.1) is 0 Å². The van der Waals surface area contributed by atoms with Crippen LogP contribution >= 0.6 is 11.8 Å². The molecule has 19 heavy (non-hydrogen) atoms. The zero-order valence-electron chi connectivity index (χ0n) is 10.6. The van der Waals surface area contributed by atoms with Gasteiger partial charge in [-0.1, -0.05) is 11.8 Å². The number of anilines is 1. The predicted molar refractivity (Wildman–Crippen MR) is 72.7 cm³/mol. The first-order chi connectivity index (χ1) is 9.06. The summed E-state index contributed by atoms with van der Waals surface area (Å²) in [5.74, 6) is 0.0958. The summed E-state index contributed by atoms with van der Waals surface area (Å²) in [6, 6.07) is 6.13. The lowest BCUT2D eigenvalue weighted by molar-refractivity contribution is 0.233. The zero-order valence-corrected chi connectivity index (χ0v) is 11.4. The van der Waals surface area contributed by atoms with Gasteiger partial charge in [0.2, 0.25) is 5.88 Å². The average molecular weight is 279 g/mol. The monoisotopic (exact) mass is 279 g/mol. The molecule has 0 amide bonds. The highest BCUT2D eigenvalue weighted by Crippen LogP contribution is 2.34. The van der Waals surface area contributed by atoms with E-state index in [9.17, 15) is 4.39 Å². The van der Waals surface area contributed by atoms with Crippen LogP contribution in [0.15, 0.2) is 40.5 Å². The van der Waals surface area contributed by atoms with Crippen LogP contribution in [-0.4, -0.2) is 16.1 Å². The summed E-state index contributed by atoms with van der Waals surface area (Å²) in [6.07, 6.45) is 1.39. The van der Waals surface area contributed by atoms with Crippen molar-refractivity contribution in [1.29, 1.82) is 0 Å². The molecule has 6 heteroatoms. The van der Waals surface area contributed by atoms with Crippen LogP contribution in [0, 0.1) is 5.82 Å². The largest absolute Gasteiger partial charge is 0.473 e. The lowest BCUT2D eigenvalue weighted by Crippen LogP contribution is -2.09. The molecule has 1 heterocycles. The molecule has 0 saturated carbocycles. The maximum Gasteiger partial charge on any atom is 0.241 e. The molecular weight excluding hydrogens is 265 g/mol. The zero-order chi connectivity index (χ0) is 13.8. The number of nitrogens with zero attached hydrogens (tertiary/aromatic N) is 2. The third-order valence-corrected chi connectivity index (χ3v) is 3.21. The molecule has 2 rings (SSSR count). The van der Waals surface area contributed by atoms with Crippen molar-refractivity contribution in [2.24, 2.45) is 0 Å². The standard InChI is InChI=1S/C13H14FN3OS/c1-8(2)18-12-11(15)13(17-7-16-12)19-10-5-3-9(14)4-6-10/h3-8H,15H2,1-2H3. The minimum atomic E-state index is -0.274. The summed E-state index contributed by atoms with van der Waals surface area (Å²) in [4.78, 5) is 8.97. The number of halogens is 1. The minimum absolute atomic E-state index is 0.0131. The molecule has 0 radical (unpaired) electrons. The molecule has 1 aromatic heterocycles. The molecule has 0 bridgehead atoms. The number of nitrogen functional groups attached to an aromatic ring is 1. The molecule has 2 aromatic rings. The first-order valence-corrected chi connectivity index (χ1v) is 6.58. The fourth-order valence-electron chi connectivity index (χ4n) is 1.38. The SMILES string of the molecule is CC(C)Oc1ncnc(Sc2ccc(F)cc2)c1N. The highest BCUT2D eigenvalue weighted by molar-refractivity contribution is 7.99. The lowest BCUT2D eigenvalue weighted by atomic mass is 10.4. The van der Waals surface area contributed by atoms with Gasteiger partial charge in [0.15, 0.2) is 0 Å². The van der Waals surface area contributed by atoms with Crippen molar-refractivity contribution >= 4 is 17.4 Å². The third-order valence-electron chi connectivity index (χ3n) is 2.19. The quantitative estimate of drug-likeness (QED) is 0.871. The van der Waals surface area contributed by atoms with E-state index >= 15 is 0 Å². The van der Waals surface area contributed by atoms with Crippen molar-refractivity contribution < 1.29 is 9.13 Å². The Morgan fingerprint density at radius 3 is 2.53 bits per heavy atom. The molecule has 2 N–H and O–H groups in total. The second-order valence-corrected chi connectivity index (χ2v) is 5.18. The summed E-state index contributed by atoms with van der Waals surface area (Å²) >= 11 is 1.34. The number of ether oxygens (including phenoxy) is 1. The van der Waals surface area contributed by atoms with Crippen LogP contribution in [0.1, 0.15) is 13.8 Å². The van der Waals surface area contributed by atoms with Crippen LogP contribution in [0.5, 0.6) is 5.88 Å². The third kappa shape index (κ3) is 3.57. The maximum absolute atomic E-state index is 12.8. The van der Waals surface area contributed by atoms with Gasteiger partial charge in [0.05, 0.1) is 6.10 Å². The van der Waals surface area contributed by atoms with Gasteiger partial charge in [-0.25, -0.2) is 9.37 Å². The van der Waals surface area contributed by atoms with E-state index in [2.05, 4.69) is 9.97 Å².